The van der Waals surface area contributed by atoms with Gasteiger partial charge in [-0.05, 0) is 11.6 Å². The van der Waals surface area contributed by atoms with Crippen molar-refractivity contribution in [3.8, 4) is 0 Å². The van der Waals surface area contributed by atoms with Crippen molar-refractivity contribution in [3.05, 3.63) is 29.8 Å². The van der Waals surface area contributed by atoms with E-state index in [9.17, 15) is 14.7 Å². The molecule has 1 unspecified atom stereocenters. The zero-order valence-electron chi connectivity index (χ0n) is 7.36. The van der Waals surface area contributed by atoms with Crippen molar-refractivity contribution >= 4 is 17.4 Å². The van der Waals surface area contributed by atoms with Crippen molar-refractivity contribution in [2.24, 2.45) is 0 Å². The van der Waals surface area contributed by atoms with E-state index in [1.54, 1.807) is 24.3 Å². The lowest BCUT2D eigenvalue weighted by Gasteiger charge is -2.04. The van der Waals surface area contributed by atoms with Crippen LogP contribution < -0.4 is 5.32 Å². The van der Waals surface area contributed by atoms with Crippen LogP contribution in [-0.4, -0.2) is 22.9 Å². The zero-order valence-corrected chi connectivity index (χ0v) is 7.36. The van der Waals surface area contributed by atoms with Crippen molar-refractivity contribution in [3.63, 3.8) is 0 Å². The molecular formula is C10H9NO3. The first-order valence-corrected chi connectivity index (χ1v) is 4.29. The minimum atomic E-state index is -1.22. The van der Waals surface area contributed by atoms with Crippen molar-refractivity contribution < 1.29 is 14.7 Å². The summed E-state index contributed by atoms with van der Waals surface area (Å²) in [6.45, 7) is 0. The number of amides is 1. The van der Waals surface area contributed by atoms with Gasteiger partial charge in [-0.3, -0.25) is 9.59 Å². The number of nitrogens with one attached hydrogen (secondary N) is 1. The molecule has 0 radical (unpaired) electrons. The summed E-state index contributed by atoms with van der Waals surface area (Å²) >= 11 is 0. The van der Waals surface area contributed by atoms with Crippen LogP contribution in [0.2, 0.25) is 0 Å². The number of hydrogen-bond donors (Lipinski definition) is 2. The van der Waals surface area contributed by atoms with E-state index in [1.807, 2.05) is 0 Å². The summed E-state index contributed by atoms with van der Waals surface area (Å²) in [4.78, 5) is 22.3. The van der Waals surface area contributed by atoms with Crippen molar-refractivity contribution in [2.75, 3.05) is 5.32 Å². The molecule has 0 spiro atoms. The highest BCUT2D eigenvalue weighted by atomic mass is 16.3. The molecule has 0 fully saturated rings. The van der Waals surface area contributed by atoms with Gasteiger partial charge in [0.2, 0.25) is 5.78 Å². The Hall–Kier alpha value is -1.68. The summed E-state index contributed by atoms with van der Waals surface area (Å²) in [5, 5.41) is 11.8. The van der Waals surface area contributed by atoms with E-state index in [4.69, 9.17) is 0 Å². The Labute approximate surface area is 80.6 Å². The van der Waals surface area contributed by atoms with Gasteiger partial charge in [0.15, 0.2) is 0 Å². The van der Waals surface area contributed by atoms with Crippen LogP contribution in [0.4, 0.5) is 5.69 Å². The monoisotopic (exact) mass is 191 g/mol. The smallest absolute Gasteiger partial charge is 0.294 e. The van der Waals surface area contributed by atoms with Gasteiger partial charge < -0.3 is 10.4 Å². The number of anilines is 1. The minimum absolute atomic E-state index is 0.188. The molecule has 0 saturated carbocycles. The number of Topliss-reactive ketones (excluding diaryl/α,β-unsaturated/α-hetero) is 1. The fourth-order valence-electron chi connectivity index (χ4n) is 1.46. The van der Waals surface area contributed by atoms with Crippen molar-refractivity contribution in [2.45, 2.75) is 12.5 Å². The third-order valence-corrected chi connectivity index (χ3v) is 2.21. The second-order valence-corrected chi connectivity index (χ2v) is 3.20. The SMILES string of the molecule is O=C1Nc2ccccc2CC(O)C1=O. The van der Waals surface area contributed by atoms with Crippen molar-refractivity contribution in [1.82, 2.24) is 0 Å². The molecule has 1 aliphatic heterocycles. The highest BCUT2D eigenvalue weighted by Crippen LogP contribution is 2.20. The molecule has 0 aliphatic carbocycles. The van der Waals surface area contributed by atoms with E-state index in [0.717, 1.165) is 5.56 Å². The summed E-state index contributed by atoms with van der Waals surface area (Å²) < 4.78 is 0. The molecule has 4 heteroatoms. The summed E-state index contributed by atoms with van der Waals surface area (Å²) in [5.74, 6) is -1.52. The van der Waals surface area contributed by atoms with E-state index < -0.39 is 17.8 Å². The average Bonchev–Trinajstić information content (AvgIpc) is 2.28. The van der Waals surface area contributed by atoms with Crippen LogP contribution in [0, 0.1) is 0 Å². The van der Waals surface area contributed by atoms with E-state index >= 15 is 0 Å². The van der Waals surface area contributed by atoms with E-state index in [2.05, 4.69) is 5.32 Å². The van der Waals surface area contributed by atoms with Gasteiger partial charge in [0.25, 0.3) is 5.91 Å². The number of hydrogen-bond acceptors (Lipinski definition) is 3. The molecule has 0 aromatic heterocycles. The molecule has 4 nitrogen and oxygen atoms in total. The number of aliphatic hydroxyl groups is 1. The number of benzene rings is 1. The first-order valence-electron chi connectivity index (χ1n) is 4.29. The Bertz CT molecular complexity index is 400. The number of carbonyl (C=O) groups is 2. The van der Waals surface area contributed by atoms with Gasteiger partial charge in [-0.25, -0.2) is 0 Å². The maximum absolute atomic E-state index is 11.2. The summed E-state index contributed by atoms with van der Waals surface area (Å²) in [6.07, 6.45) is -1.04. The molecule has 1 aliphatic rings. The third kappa shape index (κ3) is 1.40. The maximum atomic E-state index is 11.2. The number of para-hydroxylation sites is 1. The lowest BCUT2D eigenvalue weighted by Crippen LogP contribution is -2.31. The molecular weight excluding hydrogens is 182 g/mol. The summed E-state index contributed by atoms with van der Waals surface area (Å²) in [6, 6.07) is 7.05. The molecule has 14 heavy (non-hydrogen) atoms. The summed E-state index contributed by atoms with van der Waals surface area (Å²) in [7, 11) is 0. The number of fused-ring (bicyclic) bond motifs is 1. The normalized spacial score (nSPS) is 21.1. The van der Waals surface area contributed by atoms with E-state index in [-0.39, 0.29) is 6.42 Å². The highest BCUT2D eigenvalue weighted by molar-refractivity contribution is 6.42. The number of carbonyl (C=O) groups excluding carboxylic acids is 2. The number of aliphatic hydroxyl groups excluding tert-OH is 1. The second-order valence-electron chi connectivity index (χ2n) is 3.20. The lowest BCUT2D eigenvalue weighted by atomic mass is 10.1. The van der Waals surface area contributed by atoms with Crippen LogP contribution in [0.3, 0.4) is 0 Å². The van der Waals surface area contributed by atoms with Gasteiger partial charge in [0.1, 0.15) is 6.10 Å². The fourth-order valence-corrected chi connectivity index (χ4v) is 1.46. The third-order valence-electron chi connectivity index (χ3n) is 2.21. The average molecular weight is 191 g/mol. The Kier molecular flexibility index (Phi) is 2.05. The van der Waals surface area contributed by atoms with Gasteiger partial charge in [-0.1, -0.05) is 18.2 Å². The summed E-state index contributed by atoms with van der Waals surface area (Å²) in [5.41, 5.74) is 1.38. The van der Waals surface area contributed by atoms with Crippen LogP contribution in [-0.2, 0) is 16.0 Å². The molecule has 1 aromatic carbocycles. The van der Waals surface area contributed by atoms with Crippen LogP contribution >= 0.6 is 0 Å². The first kappa shape index (κ1) is 8.90. The fraction of sp³-hybridized carbons (Fsp3) is 0.200. The molecule has 1 heterocycles. The molecule has 2 N–H and O–H groups in total. The molecule has 2 rings (SSSR count). The van der Waals surface area contributed by atoms with Gasteiger partial charge >= 0.3 is 0 Å². The molecule has 0 bridgehead atoms. The quantitative estimate of drug-likeness (QED) is 0.572. The lowest BCUT2D eigenvalue weighted by molar-refractivity contribution is -0.139. The maximum Gasteiger partial charge on any atom is 0.294 e. The van der Waals surface area contributed by atoms with Crippen molar-refractivity contribution in [1.29, 1.82) is 0 Å². The van der Waals surface area contributed by atoms with Crippen LogP contribution in [0.5, 0.6) is 0 Å². The first-order chi connectivity index (χ1) is 6.68. The molecule has 0 saturated heterocycles. The molecule has 1 atom stereocenters. The zero-order chi connectivity index (χ0) is 10.1. The predicted molar refractivity (Wildman–Crippen MR) is 49.8 cm³/mol. The van der Waals surface area contributed by atoms with Crippen LogP contribution in [0.1, 0.15) is 5.56 Å². The predicted octanol–water partition coefficient (Wildman–Crippen LogP) is 0.111. The Morgan fingerprint density at radius 1 is 1.29 bits per heavy atom. The number of ketones is 1. The number of rotatable bonds is 0. The molecule has 1 aromatic rings. The topological polar surface area (TPSA) is 66.4 Å². The Morgan fingerprint density at radius 2 is 2.00 bits per heavy atom. The van der Waals surface area contributed by atoms with Crippen LogP contribution in [0.15, 0.2) is 24.3 Å². The Morgan fingerprint density at radius 3 is 2.79 bits per heavy atom. The Balaban J connectivity index is 2.44. The van der Waals surface area contributed by atoms with Crippen LogP contribution in [0.25, 0.3) is 0 Å². The van der Waals surface area contributed by atoms with E-state index in [1.165, 1.54) is 0 Å². The molecule has 72 valence electrons. The second kappa shape index (κ2) is 3.23. The van der Waals surface area contributed by atoms with Gasteiger partial charge in [-0.2, -0.15) is 0 Å². The van der Waals surface area contributed by atoms with Gasteiger partial charge in [-0.15, -0.1) is 0 Å². The van der Waals surface area contributed by atoms with E-state index in [0.29, 0.717) is 5.69 Å². The molecule has 1 amide bonds. The highest BCUT2D eigenvalue weighted by Gasteiger charge is 2.27. The minimum Gasteiger partial charge on any atom is -0.384 e. The van der Waals surface area contributed by atoms with Gasteiger partial charge in [0, 0.05) is 12.1 Å². The van der Waals surface area contributed by atoms with Gasteiger partial charge in [0.05, 0.1) is 0 Å². The largest absolute Gasteiger partial charge is 0.384 e. The standard InChI is InChI=1S/C10H9NO3/c12-8-5-6-3-1-2-4-7(6)11-10(14)9(8)13/h1-4,8,12H,5H2,(H,11,14).